The molecule has 0 radical (unpaired) electrons. The molecule has 7 nitrogen and oxygen atoms in total. The van der Waals surface area contributed by atoms with Gasteiger partial charge in [-0.15, -0.1) is 0 Å². The lowest BCUT2D eigenvalue weighted by Crippen LogP contribution is -2.37. The summed E-state index contributed by atoms with van der Waals surface area (Å²) >= 11 is 1.48. The van der Waals surface area contributed by atoms with E-state index in [1.54, 1.807) is 24.1 Å². The highest BCUT2D eigenvalue weighted by atomic mass is 32.2. The van der Waals surface area contributed by atoms with Gasteiger partial charge in [0.1, 0.15) is 0 Å². The third kappa shape index (κ3) is 5.11. The van der Waals surface area contributed by atoms with Gasteiger partial charge in [0.2, 0.25) is 10.0 Å². The number of carbonyl (C=O) groups excluding carboxylic acids is 1. The van der Waals surface area contributed by atoms with E-state index in [1.165, 1.54) is 27.8 Å². The van der Waals surface area contributed by atoms with E-state index in [9.17, 15) is 13.2 Å². The Bertz CT molecular complexity index is 1180. The minimum absolute atomic E-state index is 0.0527. The van der Waals surface area contributed by atoms with E-state index < -0.39 is 10.0 Å². The Morgan fingerprint density at radius 2 is 1.67 bits per heavy atom. The van der Waals surface area contributed by atoms with Crippen LogP contribution in [0.15, 0.2) is 53.4 Å². The maximum absolute atomic E-state index is 13.5. The van der Waals surface area contributed by atoms with Crippen molar-refractivity contribution < 1.29 is 13.2 Å². The number of sulfonamides is 1. The van der Waals surface area contributed by atoms with Gasteiger partial charge in [-0.2, -0.15) is 4.31 Å². The van der Waals surface area contributed by atoms with E-state index >= 15 is 0 Å². The van der Waals surface area contributed by atoms with Crippen LogP contribution in [0.3, 0.4) is 0 Å². The largest absolute Gasteiger partial charge is 0.308 e. The van der Waals surface area contributed by atoms with Gasteiger partial charge in [0.05, 0.1) is 15.1 Å². The zero-order chi connectivity index (χ0) is 23.6. The number of nitrogens with zero attached hydrogens (tertiary/aromatic N) is 4. The molecule has 0 atom stereocenters. The molecule has 0 unspecified atom stereocenters. The average molecular weight is 487 g/mol. The summed E-state index contributed by atoms with van der Waals surface area (Å²) in [6.45, 7) is 1.16. The van der Waals surface area contributed by atoms with Crippen LogP contribution in [0, 0.1) is 0 Å². The first kappa shape index (κ1) is 23.8. The summed E-state index contributed by atoms with van der Waals surface area (Å²) in [4.78, 5) is 22.0. The van der Waals surface area contributed by atoms with Gasteiger partial charge in [0.15, 0.2) is 5.13 Å². The molecule has 0 N–H and O–H groups in total. The van der Waals surface area contributed by atoms with Crippen LogP contribution in [0.2, 0.25) is 0 Å². The highest BCUT2D eigenvalue weighted by Crippen LogP contribution is 2.30. The van der Waals surface area contributed by atoms with Crippen molar-refractivity contribution in [3.63, 3.8) is 0 Å². The lowest BCUT2D eigenvalue weighted by Gasteiger charge is -2.24. The molecular formula is C24H30N4O3S2. The van der Waals surface area contributed by atoms with Crippen molar-refractivity contribution in [1.29, 1.82) is 0 Å². The minimum atomic E-state index is -3.58. The number of hydrogen-bond acceptors (Lipinski definition) is 6. The second-order valence-electron chi connectivity index (χ2n) is 8.71. The van der Waals surface area contributed by atoms with Crippen LogP contribution in [-0.2, 0) is 10.0 Å². The van der Waals surface area contributed by atoms with Crippen LogP contribution in [-0.4, -0.2) is 68.8 Å². The Kier molecular flexibility index (Phi) is 7.13. The monoisotopic (exact) mass is 486 g/mol. The molecule has 1 heterocycles. The van der Waals surface area contributed by atoms with Crippen molar-refractivity contribution in [3.8, 4) is 0 Å². The lowest BCUT2D eigenvalue weighted by atomic mass is 10.2. The molecule has 0 aliphatic heterocycles. The number of rotatable bonds is 8. The van der Waals surface area contributed by atoms with Crippen molar-refractivity contribution >= 4 is 42.6 Å². The molecule has 3 aromatic rings. The summed E-state index contributed by atoms with van der Waals surface area (Å²) < 4.78 is 28.6. The number of thiazole rings is 1. The summed E-state index contributed by atoms with van der Waals surface area (Å²) in [6.07, 6.45) is 3.92. The second-order valence-corrected chi connectivity index (χ2v) is 11.7. The first-order chi connectivity index (χ1) is 15.8. The number of benzene rings is 2. The number of aromatic nitrogens is 1. The smallest absolute Gasteiger partial charge is 0.260 e. The molecule has 176 valence electrons. The molecule has 2 aromatic carbocycles. The van der Waals surface area contributed by atoms with Crippen LogP contribution in [0.1, 0.15) is 36.0 Å². The maximum Gasteiger partial charge on any atom is 0.260 e. The van der Waals surface area contributed by atoms with E-state index in [0.717, 1.165) is 35.9 Å². The van der Waals surface area contributed by atoms with Gasteiger partial charge in [0.25, 0.3) is 5.91 Å². The Morgan fingerprint density at radius 3 is 2.30 bits per heavy atom. The number of fused-ring (bicyclic) bond motifs is 1. The van der Waals surface area contributed by atoms with Crippen molar-refractivity contribution in [1.82, 2.24) is 14.2 Å². The molecule has 1 aromatic heterocycles. The van der Waals surface area contributed by atoms with Gasteiger partial charge in [-0.1, -0.05) is 36.3 Å². The van der Waals surface area contributed by atoms with Crippen LogP contribution in [0.25, 0.3) is 10.2 Å². The van der Waals surface area contributed by atoms with Crippen LogP contribution < -0.4 is 4.90 Å². The number of para-hydroxylation sites is 1. The van der Waals surface area contributed by atoms with Crippen LogP contribution in [0.5, 0.6) is 0 Å². The second kappa shape index (κ2) is 9.89. The molecule has 1 saturated carbocycles. The molecule has 1 aliphatic carbocycles. The van der Waals surface area contributed by atoms with E-state index in [4.69, 9.17) is 0 Å². The third-order valence-corrected chi connectivity index (χ3v) is 9.13. The van der Waals surface area contributed by atoms with Crippen LogP contribution in [0.4, 0.5) is 5.13 Å². The number of anilines is 1. The Labute approximate surface area is 199 Å². The fourth-order valence-corrected chi connectivity index (χ4v) is 6.52. The standard InChI is InChI=1S/C24H30N4O3S2/c1-26(2)16-17-28(24-25-21-10-6-7-11-22(21)32-24)23(29)18-12-14-20(15-13-18)33(30,31)27(3)19-8-4-5-9-19/h6-7,10-15,19H,4-5,8-9,16-17H2,1-3H3. The van der Waals surface area contributed by atoms with Crippen molar-refractivity contribution in [3.05, 3.63) is 54.1 Å². The maximum atomic E-state index is 13.5. The summed E-state index contributed by atoms with van der Waals surface area (Å²) in [6, 6.07) is 14.2. The van der Waals surface area contributed by atoms with Gasteiger partial charge in [-0.25, -0.2) is 13.4 Å². The Balaban J connectivity index is 1.59. The fraction of sp³-hybridized carbons (Fsp3) is 0.417. The van der Waals surface area contributed by atoms with Gasteiger partial charge in [-0.3, -0.25) is 9.69 Å². The molecular weight excluding hydrogens is 456 g/mol. The summed E-state index contributed by atoms with van der Waals surface area (Å²) in [5.41, 5.74) is 1.30. The van der Waals surface area contributed by atoms with Crippen molar-refractivity contribution in [2.75, 3.05) is 39.1 Å². The molecule has 1 fully saturated rings. The van der Waals surface area contributed by atoms with Crippen molar-refractivity contribution in [2.24, 2.45) is 0 Å². The SMILES string of the molecule is CN(C)CCN(C(=O)c1ccc(S(=O)(=O)N(C)C2CCCC2)cc1)c1nc2ccccc2s1. The topological polar surface area (TPSA) is 73.8 Å². The van der Waals surface area contributed by atoms with E-state index in [-0.39, 0.29) is 16.8 Å². The Morgan fingerprint density at radius 1 is 1.00 bits per heavy atom. The number of hydrogen-bond donors (Lipinski definition) is 0. The zero-order valence-corrected chi connectivity index (χ0v) is 20.9. The van der Waals surface area contributed by atoms with Gasteiger partial charge in [0, 0.05) is 31.7 Å². The van der Waals surface area contributed by atoms with Gasteiger partial charge in [-0.05, 0) is 63.3 Å². The predicted molar refractivity (Wildman–Crippen MR) is 133 cm³/mol. The van der Waals surface area contributed by atoms with E-state index in [1.807, 2.05) is 43.3 Å². The van der Waals surface area contributed by atoms with E-state index in [2.05, 4.69) is 4.98 Å². The van der Waals surface area contributed by atoms with Gasteiger partial charge < -0.3 is 4.90 Å². The normalized spacial score (nSPS) is 15.1. The first-order valence-electron chi connectivity index (χ1n) is 11.2. The third-order valence-electron chi connectivity index (χ3n) is 6.15. The summed E-state index contributed by atoms with van der Waals surface area (Å²) in [5, 5.41) is 0.640. The Hall–Kier alpha value is -2.33. The molecule has 1 aliphatic rings. The molecule has 0 saturated heterocycles. The quantitative estimate of drug-likeness (QED) is 0.480. The summed E-state index contributed by atoms with van der Waals surface area (Å²) in [5.74, 6) is -0.191. The van der Waals surface area contributed by atoms with E-state index in [0.29, 0.717) is 23.8 Å². The minimum Gasteiger partial charge on any atom is -0.308 e. The first-order valence-corrected chi connectivity index (χ1v) is 13.4. The molecule has 0 bridgehead atoms. The van der Waals surface area contributed by atoms with Crippen molar-refractivity contribution in [2.45, 2.75) is 36.6 Å². The number of amides is 1. The van der Waals surface area contributed by atoms with Gasteiger partial charge >= 0.3 is 0 Å². The predicted octanol–water partition coefficient (Wildman–Crippen LogP) is 4.07. The number of carbonyl (C=O) groups is 1. The molecule has 0 spiro atoms. The molecule has 9 heteroatoms. The average Bonchev–Trinajstić information content (AvgIpc) is 3.48. The lowest BCUT2D eigenvalue weighted by molar-refractivity contribution is 0.0985. The van der Waals surface area contributed by atoms with Crippen LogP contribution >= 0.6 is 11.3 Å². The highest BCUT2D eigenvalue weighted by Gasteiger charge is 2.30. The molecule has 33 heavy (non-hydrogen) atoms. The zero-order valence-electron chi connectivity index (χ0n) is 19.3. The number of likely N-dealkylation sites (N-methyl/N-ethyl adjacent to an activating group) is 1. The molecule has 4 rings (SSSR count). The summed E-state index contributed by atoms with van der Waals surface area (Å²) in [7, 11) is 1.99. The molecule has 1 amide bonds. The highest BCUT2D eigenvalue weighted by molar-refractivity contribution is 7.89. The fourth-order valence-electron chi connectivity index (χ4n) is 4.12.